The van der Waals surface area contributed by atoms with Crippen LogP contribution in [0.5, 0.6) is 0 Å². The van der Waals surface area contributed by atoms with Gasteiger partial charge in [0.15, 0.2) is 0 Å². The highest BCUT2D eigenvalue weighted by Crippen LogP contribution is 2.07. The fourth-order valence-electron chi connectivity index (χ4n) is 1.27. The average Bonchev–Trinajstić information content (AvgIpc) is 2.42. The van der Waals surface area contributed by atoms with Gasteiger partial charge < -0.3 is 0 Å². The van der Waals surface area contributed by atoms with Crippen molar-refractivity contribution in [2.75, 3.05) is 0 Å². The maximum Gasteiger partial charge on any atom is 0.129 e. The SMILES string of the molecule is CC.Cc1ccc(F)cc1C.Cc1ccc(F)cc1F. The Balaban J connectivity index is 0.000000321. The lowest BCUT2D eigenvalue weighted by molar-refractivity contribution is 0.577. The Morgan fingerprint density at radius 1 is 0.600 bits per heavy atom. The van der Waals surface area contributed by atoms with Crippen molar-refractivity contribution in [1.29, 1.82) is 0 Å². The number of halogens is 3. The van der Waals surface area contributed by atoms with Gasteiger partial charge in [-0.15, -0.1) is 0 Å². The van der Waals surface area contributed by atoms with Crippen LogP contribution in [0.3, 0.4) is 0 Å². The summed E-state index contributed by atoms with van der Waals surface area (Å²) in [6, 6.07) is 8.31. The number of aryl methyl sites for hydroxylation is 3. The molecule has 0 aromatic heterocycles. The van der Waals surface area contributed by atoms with E-state index < -0.39 is 11.6 Å². The Bertz CT molecular complexity index is 484. The molecule has 2 aromatic carbocycles. The van der Waals surface area contributed by atoms with E-state index in [1.165, 1.54) is 24.3 Å². The molecule has 0 aliphatic rings. The second-order valence-corrected chi connectivity index (χ2v) is 4.12. The standard InChI is InChI=1S/C8H9F.C7H6F2.C2H6/c1-6-3-4-8(9)5-7(6)2;1-5-2-3-6(8)4-7(5)9;1-2/h3-5H,1-2H3;2-4H,1H3;1-2H3. The van der Waals surface area contributed by atoms with Crippen LogP contribution in [0, 0.1) is 38.2 Å². The minimum Gasteiger partial charge on any atom is -0.207 e. The van der Waals surface area contributed by atoms with Gasteiger partial charge in [-0.2, -0.15) is 0 Å². The summed E-state index contributed by atoms with van der Waals surface area (Å²) >= 11 is 0. The van der Waals surface area contributed by atoms with Crippen molar-refractivity contribution in [3.63, 3.8) is 0 Å². The van der Waals surface area contributed by atoms with E-state index in [4.69, 9.17) is 0 Å². The summed E-state index contributed by atoms with van der Waals surface area (Å²) in [6.07, 6.45) is 0. The van der Waals surface area contributed by atoms with Crippen LogP contribution < -0.4 is 0 Å². The molecule has 2 rings (SSSR count). The summed E-state index contributed by atoms with van der Waals surface area (Å²) in [6.45, 7) is 9.46. The van der Waals surface area contributed by atoms with E-state index in [0.29, 0.717) is 5.56 Å². The van der Waals surface area contributed by atoms with Crippen molar-refractivity contribution in [2.24, 2.45) is 0 Å². The molecule has 0 amide bonds. The smallest absolute Gasteiger partial charge is 0.129 e. The van der Waals surface area contributed by atoms with Crippen molar-refractivity contribution >= 4 is 0 Å². The molecule has 0 radical (unpaired) electrons. The number of hydrogen-bond donors (Lipinski definition) is 0. The van der Waals surface area contributed by atoms with Crippen LogP contribution in [0.2, 0.25) is 0 Å². The fraction of sp³-hybridized carbons (Fsp3) is 0.294. The Kier molecular flexibility index (Phi) is 8.37. The average molecular weight is 282 g/mol. The first-order valence-corrected chi connectivity index (χ1v) is 6.54. The van der Waals surface area contributed by atoms with Crippen molar-refractivity contribution in [1.82, 2.24) is 0 Å². The van der Waals surface area contributed by atoms with Gasteiger partial charge in [-0.25, -0.2) is 13.2 Å². The maximum atomic E-state index is 12.3. The first-order valence-electron chi connectivity index (χ1n) is 6.54. The quantitative estimate of drug-likeness (QED) is 0.578. The van der Waals surface area contributed by atoms with E-state index in [1.54, 1.807) is 13.0 Å². The van der Waals surface area contributed by atoms with Gasteiger partial charge in [0.05, 0.1) is 0 Å². The van der Waals surface area contributed by atoms with Crippen LogP contribution in [-0.4, -0.2) is 0 Å². The third kappa shape index (κ3) is 6.41. The zero-order valence-electron chi connectivity index (χ0n) is 12.6. The van der Waals surface area contributed by atoms with Crippen LogP contribution in [0.15, 0.2) is 36.4 Å². The molecule has 0 fully saturated rings. The van der Waals surface area contributed by atoms with Crippen LogP contribution in [0.1, 0.15) is 30.5 Å². The van der Waals surface area contributed by atoms with Gasteiger partial charge in [-0.1, -0.05) is 26.0 Å². The molecule has 20 heavy (non-hydrogen) atoms. The number of benzene rings is 2. The molecular weight excluding hydrogens is 261 g/mol. The number of rotatable bonds is 0. The zero-order chi connectivity index (χ0) is 15.7. The van der Waals surface area contributed by atoms with Crippen molar-refractivity contribution in [2.45, 2.75) is 34.6 Å². The van der Waals surface area contributed by atoms with E-state index in [2.05, 4.69) is 0 Å². The summed E-state index contributed by atoms with van der Waals surface area (Å²) < 4.78 is 36.8. The third-order valence-corrected chi connectivity index (χ3v) is 2.60. The minimum atomic E-state index is -0.530. The Labute approximate surface area is 119 Å². The molecule has 0 aliphatic carbocycles. The largest absolute Gasteiger partial charge is 0.207 e. The third-order valence-electron chi connectivity index (χ3n) is 2.60. The van der Waals surface area contributed by atoms with E-state index in [-0.39, 0.29) is 5.82 Å². The summed E-state index contributed by atoms with van der Waals surface area (Å²) in [5.74, 6) is -1.17. The van der Waals surface area contributed by atoms with Gasteiger partial charge in [0.2, 0.25) is 0 Å². The van der Waals surface area contributed by atoms with E-state index in [0.717, 1.165) is 17.2 Å². The lowest BCUT2D eigenvalue weighted by Crippen LogP contribution is -1.81. The molecule has 0 heterocycles. The summed E-state index contributed by atoms with van der Waals surface area (Å²) in [5.41, 5.74) is 2.61. The van der Waals surface area contributed by atoms with Gasteiger partial charge >= 0.3 is 0 Å². The summed E-state index contributed by atoms with van der Waals surface area (Å²) in [5, 5.41) is 0. The van der Waals surface area contributed by atoms with E-state index in [9.17, 15) is 13.2 Å². The van der Waals surface area contributed by atoms with Crippen LogP contribution >= 0.6 is 0 Å². The summed E-state index contributed by atoms with van der Waals surface area (Å²) in [4.78, 5) is 0. The van der Waals surface area contributed by atoms with Gasteiger partial charge in [-0.05, 0) is 55.7 Å². The van der Waals surface area contributed by atoms with Gasteiger partial charge in [-0.3, -0.25) is 0 Å². The molecule has 110 valence electrons. The molecular formula is C17H21F3. The Morgan fingerprint density at radius 3 is 1.40 bits per heavy atom. The van der Waals surface area contributed by atoms with Gasteiger partial charge in [0.1, 0.15) is 17.5 Å². The predicted molar refractivity (Wildman–Crippen MR) is 78.3 cm³/mol. The van der Waals surface area contributed by atoms with E-state index in [1.807, 2.05) is 27.7 Å². The van der Waals surface area contributed by atoms with Gasteiger partial charge in [0, 0.05) is 6.07 Å². The predicted octanol–water partition coefficient (Wildman–Crippen LogP) is 5.74. The molecule has 0 saturated heterocycles. The molecule has 0 bridgehead atoms. The molecule has 3 heteroatoms. The molecule has 0 N–H and O–H groups in total. The topological polar surface area (TPSA) is 0 Å². The fourth-order valence-corrected chi connectivity index (χ4v) is 1.27. The highest BCUT2D eigenvalue weighted by atomic mass is 19.1. The maximum absolute atomic E-state index is 12.3. The van der Waals surface area contributed by atoms with Crippen molar-refractivity contribution < 1.29 is 13.2 Å². The molecule has 0 aliphatic heterocycles. The first kappa shape index (κ1) is 18.2. The molecule has 0 unspecified atom stereocenters. The molecule has 0 nitrogen and oxygen atoms in total. The highest BCUT2D eigenvalue weighted by Gasteiger charge is 1.95. The zero-order valence-corrected chi connectivity index (χ0v) is 12.6. The van der Waals surface area contributed by atoms with Crippen LogP contribution in [0.25, 0.3) is 0 Å². The molecule has 0 saturated carbocycles. The van der Waals surface area contributed by atoms with Crippen LogP contribution in [-0.2, 0) is 0 Å². The first-order chi connectivity index (χ1) is 9.40. The Hall–Kier alpha value is -1.77. The summed E-state index contributed by atoms with van der Waals surface area (Å²) in [7, 11) is 0. The highest BCUT2D eigenvalue weighted by molar-refractivity contribution is 5.24. The van der Waals surface area contributed by atoms with Crippen LogP contribution in [0.4, 0.5) is 13.2 Å². The lowest BCUT2D eigenvalue weighted by Gasteiger charge is -1.96. The second-order valence-electron chi connectivity index (χ2n) is 4.12. The normalized spacial score (nSPS) is 9.00. The molecule has 2 aromatic rings. The second kappa shape index (κ2) is 9.18. The monoisotopic (exact) mass is 282 g/mol. The molecule has 0 spiro atoms. The van der Waals surface area contributed by atoms with Crippen molar-refractivity contribution in [3.8, 4) is 0 Å². The van der Waals surface area contributed by atoms with E-state index >= 15 is 0 Å². The number of hydrogen-bond acceptors (Lipinski definition) is 0. The van der Waals surface area contributed by atoms with Gasteiger partial charge in [0.25, 0.3) is 0 Å². The lowest BCUT2D eigenvalue weighted by atomic mass is 10.1. The van der Waals surface area contributed by atoms with Crippen molar-refractivity contribution in [3.05, 3.63) is 70.5 Å². The molecule has 0 atom stereocenters. The Morgan fingerprint density at radius 2 is 1.05 bits per heavy atom. The minimum absolute atomic E-state index is 0.155.